The van der Waals surface area contributed by atoms with Crippen molar-refractivity contribution in [2.24, 2.45) is 29.6 Å². The summed E-state index contributed by atoms with van der Waals surface area (Å²) in [6, 6.07) is 0. The van der Waals surface area contributed by atoms with E-state index >= 15 is 0 Å². The number of carbonyl (C=O) groups excluding carboxylic acids is 2. The topological polar surface area (TPSA) is 147 Å². The van der Waals surface area contributed by atoms with Gasteiger partial charge in [-0.3, -0.25) is 9.59 Å². The minimum atomic E-state index is -2.37. The predicted octanol–water partition coefficient (Wildman–Crippen LogP) is 9.24. The SMILES string of the molecule is CC[C@@H](C)[C@H]1O[C@]2(C=C[C@@H]1C)C[C@@H]1C[C@@H](C/C=C(\C)[C@@H](O[C@H]3C[C@H](OC)[C@@H](OC4C[C@H](C)C(=O)[C@H](C)O4)[C@H](C)O3)[C@@H](C)/C=C/C=C3\CO[C@@H]4[C@H](O[Si](C)(C)C(C)(C)C)C(C)=C[C@@H](C(=O)O1)[C@]34O)O2. The molecule has 0 radical (unpaired) electrons. The Morgan fingerprint density at radius 2 is 1.63 bits per heavy atom. The first-order chi connectivity index (χ1) is 31.9. The summed E-state index contributed by atoms with van der Waals surface area (Å²) < 4.78 is 66.2. The van der Waals surface area contributed by atoms with E-state index in [1.165, 1.54) is 0 Å². The second kappa shape index (κ2) is 21.0. The lowest BCUT2D eigenvalue weighted by molar-refractivity contribution is -0.303. The first kappa shape index (κ1) is 53.5. The van der Waals surface area contributed by atoms with E-state index in [1.54, 1.807) is 14.0 Å². The Morgan fingerprint density at radius 1 is 0.912 bits per heavy atom. The van der Waals surface area contributed by atoms with Crippen LogP contribution in [0.4, 0.5) is 0 Å². The highest BCUT2D eigenvalue weighted by Gasteiger charge is 2.62. The molecular formula is C54H84O13Si. The van der Waals surface area contributed by atoms with Crippen molar-refractivity contribution in [1.29, 1.82) is 0 Å². The van der Waals surface area contributed by atoms with Crippen molar-refractivity contribution < 1.29 is 61.8 Å². The number of ketones is 1. The quantitative estimate of drug-likeness (QED) is 0.133. The van der Waals surface area contributed by atoms with Crippen LogP contribution in [-0.4, -0.2) is 124 Å². The smallest absolute Gasteiger partial charge is 0.316 e. The Bertz CT molecular complexity index is 1960. The Balaban J connectivity index is 1.23. The van der Waals surface area contributed by atoms with E-state index in [9.17, 15) is 14.7 Å². The minimum Gasteiger partial charge on any atom is -0.462 e. The molecule has 0 aromatic heterocycles. The Kier molecular flexibility index (Phi) is 16.5. The molecule has 14 heteroatoms. The molecule has 6 heterocycles. The van der Waals surface area contributed by atoms with Crippen molar-refractivity contribution in [2.45, 2.75) is 225 Å². The number of carbonyl (C=O) groups is 2. The summed E-state index contributed by atoms with van der Waals surface area (Å²) in [5, 5.41) is 13.1. The van der Waals surface area contributed by atoms with Crippen LogP contribution in [0.3, 0.4) is 0 Å². The van der Waals surface area contributed by atoms with Crippen molar-refractivity contribution in [2.75, 3.05) is 13.7 Å². The molecule has 7 rings (SSSR count). The molecule has 0 saturated carbocycles. The van der Waals surface area contributed by atoms with Crippen LogP contribution in [0.5, 0.6) is 0 Å². The number of hydrogen-bond acceptors (Lipinski definition) is 13. The van der Waals surface area contributed by atoms with E-state index < -0.39 is 86.9 Å². The van der Waals surface area contributed by atoms with Crippen LogP contribution in [0, 0.1) is 29.6 Å². The van der Waals surface area contributed by atoms with Crippen LogP contribution in [0.2, 0.25) is 18.1 Å². The van der Waals surface area contributed by atoms with Gasteiger partial charge >= 0.3 is 5.97 Å². The van der Waals surface area contributed by atoms with Crippen LogP contribution < -0.4 is 0 Å². The van der Waals surface area contributed by atoms with E-state index in [4.69, 9.17) is 47.1 Å². The van der Waals surface area contributed by atoms with Gasteiger partial charge in [-0.2, -0.15) is 0 Å². The summed E-state index contributed by atoms with van der Waals surface area (Å²) >= 11 is 0. The molecule has 1 N–H and O–H groups in total. The highest BCUT2D eigenvalue weighted by molar-refractivity contribution is 6.74. The summed E-state index contributed by atoms with van der Waals surface area (Å²) in [5.74, 6) is -2.47. The molecule has 1 aliphatic carbocycles. The molecule has 1 spiro atoms. The molecule has 0 aromatic carbocycles. The lowest BCUT2D eigenvalue weighted by Crippen LogP contribution is -2.60. The van der Waals surface area contributed by atoms with Gasteiger partial charge in [0, 0.05) is 50.5 Å². The van der Waals surface area contributed by atoms with Crippen molar-refractivity contribution in [1.82, 2.24) is 0 Å². The standard InChI is InChI=1S/C54H84O13Si/c1-16-30(2)47-33(5)22-23-53(66-47)28-40-26-39(65-53)21-20-32(4)46(63-44-27-42(58-13)49(37(9)61-44)64-43-25-34(6)45(55)36(8)60-43)31(3)18-17-19-38-29-59-50-48(67-68(14,15)52(10,11)12)35(7)24-41(51(56)62-40)54(38,50)57/h17-20,22-24,30-31,33-34,36-37,39-44,46-50,57H,16,21,25-29H2,1-15H3/b18-17+,32-20+,38-19+/t30-,31+,33+,34+,36+,37+,39-,40+,41+,42+,43?,44+,46+,47-,48-,49+,50-,53-,54-/m1/s1. The molecule has 13 nitrogen and oxygen atoms in total. The third-order valence-electron chi connectivity index (χ3n) is 16.5. The normalized spacial score (nSPS) is 45.3. The summed E-state index contributed by atoms with van der Waals surface area (Å²) in [7, 11) is -0.702. The number of fused-ring (bicyclic) bond motifs is 2. The fourth-order valence-corrected chi connectivity index (χ4v) is 12.4. The van der Waals surface area contributed by atoms with Gasteiger partial charge in [-0.15, -0.1) is 0 Å². The van der Waals surface area contributed by atoms with Gasteiger partial charge in [-0.1, -0.05) is 98.3 Å². The number of rotatable bonds is 9. The first-order valence-electron chi connectivity index (χ1n) is 25.6. The second-order valence-corrected chi connectivity index (χ2v) is 27.5. The molecule has 0 amide bonds. The number of esters is 1. The number of Topliss-reactive ketones (excluding diaryl/α,β-unsaturated/α-hetero) is 1. The van der Waals surface area contributed by atoms with E-state index in [1.807, 2.05) is 45.1 Å². The maximum Gasteiger partial charge on any atom is 0.316 e. The van der Waals surface area contributed by atoms with Crippen molar-refractivity contribution >= 4 is 20.1 Å². The third kappa shape index (κ3) is 11.0. The highest BCUT2D eigenvalue weighted by atomic mass is 28.4. The summed E-state index contributed by atoms with van der Waals surface area (Å²) in [4.78, 5) is 27.3. The van der Waals surface area contributed by atoms with Gasteiger partial charge in [0.2, 0.25) is 0 Å². The fraction of sp³-hybridized carbons (Fsp3) is 0.778. The van der Waals surface area contributed by atoms with Gasteiger partial charge in [0.15, 0.2) is 32.5 Å². The molecule has 7 aliphatic rings. The number of aliphatic hydroxyl groups is 1. The lowest BCUT2D eigenvalue weighted by atomic mass is 9.71. The van der Waals surface area contributed by atoms with Crippen molar-refractivity contribution in [3.05, 3.63) is 59.3 Å². The van der Waals surface area contributed by atoms with Gasteiger partial charge in [0.05, 0.1) is 43.2 Å². The second-order valence-electron chi connectivity index (χ2n) is 22.8. The lowest BCUT2D eigenvalue weighted by Gasteiger charge is -2.49. The maximum absolute atomic E-state index is 14.8. The van der Waals surface area contributed by atoms with Crippen LogP contribution in [0.1, 0.15) is 122 Å². The molecule has 4 fully saturated rings. The van der Waals surface area contributed by atoms with Crippen molar-refractivity contribution in [3.8, 4) is 0 Å². The van der Waals surface area contributed by atoms with Crippen LogP contribution in [-0.2, 0) is 56.6 Å². The Morgan fingerprint density at radius 3 is 2.31 bits per heavy atom. The number of allylic oxidation sites excluding steroid dienone is 2. The fourth-order valence-electron chi connectivity index (χ4n) is 11.1. The van der Waals surface area contributed by atoms with E-state index in [2.05, 4.69) is 86.7 Å². The number of ether oxygens (including phenoxy) is 9. The number of methoxy groups -OCH3 is 1. The van der Waals surface area contributed by atoms with E-state index in [-0.39, 0.29) is 59.4 Å². The van der Waals surface area contributed by atoms with Gasteiger partial charge in [-0.25, -0.2) is 0 Å². The molecule has 382 valence electrons. The molecule has 19 atom stereocenters. The van der Waals surface area contributed by atoms with Gasteiger partial charge in [0.25, 0.3) is 0 Å². The summed E-state index contributed by atoms with van der Waals surface area (Å²) in [5.41, 5.74) is 0.663. The van der Waals surface area contributed by atoms with Crippen LogP contribution in [0.25, 0.3) is 0 Å². The van der Waals surface area contributed by atoms with Gasteiger partial charge < -0.3 is 52.2 Å². The molecule has 0 aromatic rings. The average molecular weight is 969 g/mol. The maximum atomic E-state index is 14.8. The molecule has 1 unspecified atom stereocenters. The largest absolute Gasteiger partial charge is 0.462 e. The molecule has 68 heavy (non-hydrogen) atoms. The monoisotopic (exact) mass is 969 g/mol. The Labute approximate surface area is 407 Å². The first-order valence-corrected chi connectivity index (χ1v) is 28.5. The van der Waals surface area contributed by atoms with E-state index in [0.717, 1.165) is 17.6 Å². The average Bonchev–Trinajstić information content (AvgIpc) is 3.61. The zero-order chi connectivity index (χ0) is 49.7. The molecule has 6 aliphatic heterocycles. The minimum absolute atomic E-state index is 0.0795. The van der Waals surface area contributed by atoms with Crippen LogP contribution in [0.15, 0.2) is 59.3 Å². The third-order valence-corrected chi connectivity index (χ3v) is 21.0. The molecular weight excluding hydrogens is 885 g/mol. The van der Waals surface area contributed by atoms with Gasteiger partial charge in [-0.05, 0) is 81.0 Å². The zero-order valence-electron chi connectivity index (χ0n) is 43.7. The molecule has 2 bridgehead atoms. The number of hydrogen-bond donors (Lipinski definition) is 1. The summed E-state index contributed by atoms with van der Waals surface area (Å²) in [6.45, 7) is 29.4. The Hall–Kier alpha value is -2.34. The predicted molar refractivity (Wildman–Crippen MR) is 261 cm³/mol. The van der Waals surface area contributed by atoms with E-state index in [0.29, 0.717) is 37.7 Å². The summed E-state index contributed by atoms with van der Waals surface area (Å²) in [6.07, 6.45) is 11.4. The van der Waals surface area contributed by atoms with Gasteiger partial charge in [0.1, 0.15) is 35.9 Å². The van der Waals surface area contributed by atoms with Crippen molar-refractivity contribution in [3.63, 3.8) is 0 Å². The highest BCUT2D eigenvalue weighted by Crippen LogP contribution is 2.50. The van der Waals surface area contributed by atoms with Crippen LogP contribution >= 0.6 is 0 Å². The molecule has 4 saturated heterocycles. The zero-order valence-corrected chi connectivity index (χ0v) is 44.7.